The molecule has 3 N–H and O–H groups in total. The van der Waals surface area contributed by atoms with Gasteiger partial charge in [0.05, 0.1) is 18.8 Å². The number of hydrogen-bond acceptors (Lipinski definition) is 6. The van der Waals surface area contributed by atoms with Crippen molar-refractivity contribution in [1.82, 2.24) is 9.97 Å². The number of rotatable bonds is 4. The highest BCUT2D eigenvalue weighted by Crippen LogP contribution is 2.26. The largest absolute Gasteiger partial charge is 0.394 e. The van der Waals surface area contributed by atoms with E-state index >= 15 is 0 Å². The molecule has 1 aromatic heterocycles. The molecular formula is C15H24N4O2. The van der Waals surface area contributed by atoms with Gasteiger partial charge in [0.15, 0.2) is 0 Å². The van der Waals surface area contributed by atoms with Crippen LogP contribution in [0.1, 0.15) is 38.5 Å². The normalized spacial score (nSPS) is 29.6. The standard InChI is InChI=1S/C15H24N4O2/c20-9-12-2-1-7-19(12)15-8-14(16-10-17-15)18-11-3-5-13(21)6-4-11/h8,10-13,20-21H,1-7,9H2,(H,16,17,18)/t11?,12-,13?/m0/s1. The molecule has 3 rings (SSSR count). The Bertz CT molecular complexity index is 463. The summed E-state index contributed by atoms with van der Waals surface area (Å²) in [5.41, 5.74) is 0. The Kier molecular flexibility index (Phi) is 4.55. The first-order chi connectivity index (χ1) is 10.3. The summed E-state index contributed by atoms with van der Waals surface area (Å²) >= 11 is 0. The van der Waals surface area contributed by atoms with E-state index in [9.17, 15) is 10.2 Å². The molecule has 0 unspecified atom stereocenters. The van der Waals surface area contributed by atoms with Gasteiger partial charge in [-0.05, 0) is 38.5 Å². The summed E-state index contributed by atoms with van der Waals surface area (Å²) in [4.78, 5) is 10.8. The molecule has 0 aromatic carbocycles. The molecular weight excluding hydrogens is 268 g/mol. The van der Waals surface area contributed by atoms with Crippen molar-refractivity contribution < 1.29 is 10.2 Å². The average molecular weight is 292 g/mol. The fourth-order valence-electron chi connectivity index (χ4n) is 3.34. The summed E-state index contributed by atoms with van der Waals surface area (Å²) in [7, 11) is 0. The molecule has 6 heteroatoms. The second kappa shape index (κ2) is 6.58. The van der Waals surface area contributed by atoms with Crippen molar-refractivity contribution in [1.29, 1.82) is 0 Å². The molecule has 1 aliphatic carbocycles. The van der Waals surface area contributed by atoms with Crippen LogP contribution in [0.5, 0.6) is 0 Å². The predicted molar refractivity (Wildman–Crippen MR) is 81.4 cm³/mol. The number of aliphatic hydroxyl groups is 2. The van der Waals surface area contributed by atoms with E-state index in [1.807, 2.05) is 6.07 Å². The molecule has 1 aromatic rings. The summed E-state index contributed by atoms with van der Waals surface area (Å²) in [5.74, 6) is 1.73. The zero-order valence-electron chi connectivity index (χ0n) is 12.3. The third-order valence-electron chi connectivity index (χ3n) is 4.58. The average Bonchev–Trinajstić information content (AvgIpc) is 2.98. The van der Waals surface area contributed by atoms with Crippen LogP contribution in [-0.4, -0.2) is 51.5 Å². The fraction of sp³-hybridized carbons (Fsp3) is 0.733. The highest BCUT2D eigenvalue weighted by Gasteiger charge is 2.25. The molecule has 2 heterocycles. The molecule has 21 heavy (non-hydrogen) atoms. The number of aromatic nitrogens is 2. The van der Waals surface area contributed by atoms with Gasteiger partial charge in [-0.2, -0.15) is 0 Å². The zero-order valence-corrected chi connectivity index (χ0v) is 12.3. The molecule has 1 saturated heterocycles. The van der Waals surface area contributed by atoms with Crippen LogP contribution in [0.25, 0.3) is 0 Å². The van der Waals surface area contributed by atoms with E-state index in [-0.39, 0.29) is 18.8 Å². The van der Waals surface area contributed by atoms with Crippen LogP contribution in [-0.2, 0) is 0 Å². The highest BCUT2D eigenvalue weighted by atomic mass is 16.3. The molecule has 2 fully saturated rings. The maximum Gasteiger partial charge on any atom is 0.134 e. The number of hydrogen-bond donors (Lipinski definition) is 3. The van der Waals surface area contributed by atoms with E-state index in [4.69, 9.17) is 0 Å². The first-order valence-corrected chi connectivity index (χ1v) is 7.90. The van der Waals surface area contributed by atoms with E-state index in [2.05, 4.69) is 20.2 Å². The smallest absolute Gasteiger partial charge is 0.134 e. The second-order valence-electron chi connectivity index (χ2n) is 6.08. The Morgan fingerprint density at radius 2 is 2.00 bits per heavy atom. The predicted octanol–water partition coefficient (Wildman–Crippen LogP) is 1.15. The molecule has 1 saturated carbocycles. The summed E-state index contributed by atoms with van der Waals surface area (Å²) in [5, 5.41) is 22.4. The first kappa shape index (κ1) is 14.5. The van der Waals surface area contributed by atoms with Crippen molar-refractivity contribution in [3.8, 4) is 0 Å². The van der Waals surface area contributed by atoms with E-state index in [1.165, 1.54) is 0 Å². The Hall–Kier alpha value is -1.40. The monoisotopic (exact) mass is 292 g/mol. The van der Waals surface area contributed by atoms with Crippen LogP contribution < -0.4 is 10.2 Å². The molecule has 6 nitrogen and oxygen atoms in total. The van der Waals surface area contributed by atoms with Gasteiger partial charge in [-0.1, -0.05) is 0 Å². The van der Waals surface area contributed by atoms with Gasteiger partial charge in [0, 0.05) is 18.7 Å². The molecule has 0 spiro atoms. The Morgan fingerprint density at radius 1 is 1.19 bits per heavy atom. The van der Waals surface area contributed by atoms with Gasteiger partial charge >= 0.3 is 0 Å². The topological polar surface area (TPSA) is 81.5 Å². The third kappa shape index (κ3) is 3.44. The highest BCUT2D eigenvalue weighted by molar-refractivity contribution is 5.50. The van der Waals surface area contributed by atoms with Crippen molar-refractivity contribution >= 4 is 11.6 Å². The van der Waals surface area contributed by atoms with Gasteiger partial charge in [-0.3, -0.25) is 0 Å². The van der Waals surface area contributed by atoms with Crippen LogP contribution in [0.4, 0.5) is 11.6 Å². The molecule has 0 amide bonds. The van der Waals surface area contributed by atoms with Crippen LogP contribution in [0.3, 0.4) is 0 Å². The number of nitrogens with one attached hydrogen (secondary N) is 1. The lowest BCUT2D eigenvalue weighted by molar-refractivity contribution is 0.126. The summed E-state index contributed by atoms with van der Waals surface area (Å²) < 4.78 is 0. The first-order valence-electron chi connectivity index (χ1n) is 7.90. The van der Waals surface area contributed by atoms with Crippen LogP contribution >= 0.6 is 0 Å². The Morgan fingerprint density at radius 3 is 2.76 bits per heavy atom. The van der Waals surface area contributed by atoms with Crippen LogP contribution in [0.2, 0.25) is 0 Å². The second-order valence-corrected chi connectivity index (χ2v) is 6.08. The maximum absolute atomic E-state index is 9.55. The number of anilines is 2. The van der Waals surface area contributed by atoms with E-state index in [0.29, 0.717) is 6.04 Å². The number of nitrogens with zero attached hydrogens (tertiary/aromatic N) is 3. The fourth-order valence-corrected chi connectivity index (χ4v) is 3.34. The SMILES string of the molecule is OC[C@@H]1CCCN1c1cc(NC2CCC(O)CC2)ncn1. The zero-order chi connectivity index (χ0) is 14.7. The van der Waals surface area contributed by atoms with Crippen molar-refractivity contribution in [2.45, 2.75) is 56.7 Å². The quantitative estimate of drug-likeness (QED) is 0.772. The van der Waals surface area contributed by atoms with Gasteiger partial charge in [0.1, 0.15) is 18.0 Å². The third-order valence-corrected chi connectivity index (χ3v) is 4.58. The minimum absolute atomic E-state index is 0.140. The lowest BCUT2D eigenvalue weighted by atomic mass is 9.93. The van der Waals surface area contributed by atoms with Crippen LogP contribution in [0, 0.1) is 0 Å². The lowest BCUT2D eigenvalue weighted by Crippen LogP contribution is -2.33. The molecule has 2 aliphatic rings. The van der Waals surface area contributed by atoms with E-state index in [0.717, 1.165) is 56.7 Å². The lowest BCUT2D eigenvalue weighted by Gasteiger charge is -2.27. The maximum atomic E-state index is 9.55. The van der Waals surface area contributed by atoms with Crippen molar-refractivity contribution in [2.24, 2.45) is 0 Å². The number of aliphatic hydroxyl groups excluding tert-OH is 2. The van der Waals surface area contributed by atoms with Gasteiger partial charge in [-0.15, -0.1) is 0 Å². The Balaban J connectivity index is 1.65. The molecule has 1 aliphatic heterocycles. The molecule has 0 bridgehead atoms. The van der Waals surface area contributed by atoms with E-state index in [1.54, 1.807) is 6.33 Å². The van der Waals surface area contributed by atoms with Gasteiger partial charge in [-0.25, -0.2) is 9.97 Å². The van der Waals surface area contributed by atoms with Gasteiger partial charge in [0.25, 0.3) is 0 Å². The summed E-state index contributed by atoms with van der Waals surface area (Å²) in [6.07, 6.45) is 7.22. The minimum atomic E-state index is -0.140. The van der Waals surface area contributed by atoms with Gasteiger partial charge < -0.3 is 20.4 Å². The van der Waals surface area contributed by atoms with Crippen molar-refractivity contribution in [3.05, 3.63) is 12.4 Å². The molecule has 1 atom stereocenters. The molecule has 0 radical (unpaired) electrons. The Labute approximate surface area is 125 Å². The van der Waals surface area contributed by atoms with E-state index < -0.39 is 0 Å². The molecule has 116 valence electrons. The minimum Gasteiger partial charge on any atom is -0.394 e. The van der Waals surface area contributed by atoms with Crippen LogP contribution in [0.15, 0.2) is 12.4 Å². The summed E-state index contributed by atoms with van der Waals surface area (Å²) in [6.45, 7) is 1.12. The van der Waals surface area contributed by atoms with Gasteiger partial charge in [0.2, 0.25) is 0 Å². The summed E-state index contributed by atoms with van der Waals surface area (Å²) in [6, 6.07) is 2.53. The van der Waals surface area contributed by atoms with Crippen molar-refractivity contribution in [2.75, 3.05) is 23.4 Å². The van der Waals surface area contributed by atoms with Crippen molar-refractivity contribution in [3.63, 3.8) is 0 Å².